The molecule has 0 unspecified atom stereocenters. The Hall–Kier alpha value is -3.01. The fourth-order valence-electron chi connectivity index (χ4n) is 3.97. The van der Waals surface area contributed by atoms with E-state index in [-0.39, 0.29) is 5.91 Å². The van der Waals surface area contributed by atoms with Gasteiger partial charge in [-0.25, -0.2) is 0 Å². The second-order valence-corrected chi connectivity index (χ2v) is 8.78. The number of hydrogen-bond donors (Lipinski definition) is 0. The Labute approximate surface area is 199 Å². The second-order valence-electron chi connectivity index (χ2n) is 8.78. The number of amides is 1. The Morgan fingerprint density at radius 1 is 0.939 bits per heavy atom. The van der Waals surface area contributed by atoms with Crippen LogP contribution in [0.25, 0.3) is 0 Å². The van der Waals surface area contributed by atoms with Crippen molar-refractivity contribution in [3.63, 3.8) is 0 Å². The van der Waals surface area contributed by atoms with E-state index >= 15 is 0 Å². The van der Waals surface area contributed by atoms with E-state index < -0.39 is 0 Å². The number of unbranched alkanes of at least 4 members (excludes halogenated alkanes) is 3. The summed E-state index contributed by atoms with van der Waals surface area (Å²) in [6, 6.07) is 20.4. The second kappa shape index (κ2) is 12.9. The zero-order valence-corrected chi connectivity index (χ0v) is 20.4. The quantitative estimate of drug-likeness (QED) is 0.269. The summed E-state index contributed by atoms with van der Waals surface area (Å²) in [4.78, 5) is 15.4. The molecule has 4 nitrogen and oxygen atoms in total. The lowest BCUT2D eigenvalue weighted by atomic mass is 10.1. The fourth-order valence-corrected chi connectivity index (χ4v) is 3.97. The fraction of sp³-hybridized carbons (Fsp3) is 0.414. The molecule has 176 valence electrons. The predicted molar refractivity (Wildman–Crippen MR) is 136 cm³/mol. The molecule has 0 aliphatic carbocycles. The maximum Gasteiger partial charge on any atom is 0.254 e. The summed E-state index contributed by atoms with van der Waals surface area (Å²) in [5, 5.41) is 0. The van der Waals surface area contributed by atoms with Crippen molar-refractivity contribution >= 4 is 5.91 Å². The molecule has 0 saturated carbocycles. The standard InChI is InChI=1S/C29H38N2O2/c1-4-6-8-18-31(29(32)26-14-16-28(17-15-26)33-20-7-5-2)23-27-13-10-19-30(27)22-25-12-9-11-24(3)21-25/h9-17,19,21H,4-8,18,20,22-23H2,1-3H3. The van der Waals surface area contributed by atoms with E-state index in [4.69, 9.17) is 4.74 Å². The van der Waals surface area contributed by atoms with E-state index in [0.29, 0.717) is 18.7 Å². The van der Waals surface area contributed by atoms with Crippen molar-refractivity contribution in [2.24, 2.45) is 0 Å². The first-order valence-electron chi connectivity index (χ1n) is 12.3. The van der Waals surface area contributed by atoms with Gasteiger partial charge in [-0.15, -0.1) is 0 Å². The highest BCUT2D eigenvalue weighted by atomic mass is 16.5. The zero-order chi connectivity index (χ0) is 23.5. The van der Waals surface area contributed by atoms with Crippen molar-refractivity contribution in [1.82, 2.24) is 9.47 Å². The summed E-state index contributed by atoms with van der Waals surface area (Å²) >= 11 is 0. The average molecular weight is 447 g/mol. The van der Waals surface area contributed by atoms with Gasteiger partial charge in [-0.1, -0.05) is 62.9 Å². The molecule has 1 heterocycles. The molecule has 1 amide bonds. The molecular formula is C29H38N2O2. The Morgan fingerprint density at radius 3 is 2.45 bits per heavy atom. The Kier molecular flexibility index (Phi) is 9.61. The molecule has 0 aliphatic heterocycles. The van der Waals surface area contributed by atoms with Crippen molar-refractivity contribution in [1.29, 1.82) is 0 Å². The number of aryl methyl sites for hydroxylation is 1. The van der Waals surface area contributed by atoms with E-state index in [0.717, 1.165) is 56.6 Å². The van der Waals surface area contributed by atoms with Gasteiger partial charge >= 0.3 is 0 Å². The van der Waals surface area contributed by atoms with Crippen LogP contribution in [0.5, 0.6) is 5.75 Å². The first-order chi connectivity index (χ1) is 16.1. The van der Waals surface area contributed by atoms with Gasteiger partial charge in [0.25, 0.3) is 5.91 Å². The summed E-state index contributed by atoms with van der Waals surface area (Å²) < 4.78 is 8.01. The molecule has 4 heteroatoms. The first kappa shape index (κ1) is 24.6. The number of ether oxygens (including phenoxy) is 1. The number of carbonyl (C=O) groups is 1. The van der Waals surface area contributed by atoms with Crippen LogP contribution < -0.4 is 4.74 Å². The SMILES string of the molecule is CCCCCN(Cc1cccn1Cc1cccc(C)c1)C(=O)c1ccc(OCCCC)cc1. The Morgan fingerprint density at radius 2 is 1.73 bits per heavy atom. The van der Waals surface area contributed by atoms with Gasteiger partial charge in [0.05, 0.1) is 13.2 Å². The summed E-state index contributed by atoms with van der Waals surface area (Å²) in [5.74, 6) is 0.902. The normalized spacial score (nSPS) is 10.9. The largest absolute Gasteiger partial charge is 0.494 e. The average Bonchev–Trinajstić information content (AvgIpc) is 3.25. The molecule has 3 aromatic rings. The van der Waals surface area contributed by atoms with Gasteiger partial charge in [-0.05, 0) is 61.7 Å². The minimum atomic E-state index is 0.0783. The highest BCUT2D eigenvalue weighted by molar-refractivity contribution is 5.94. The van der Waals surface area contributed by atoms with E-state index in [2.05, 4.69) is 67.9 Å². The molecule has 2 aromatic carbocycles. The van der Waals surface area contributed by atoms with Crippen molar-refractivity contribution in [3.8, 4) is 5.75 Å². The van der Waals surface area contributed by atoms with Gasteiger partial charge in [0, 0.05) is 30.5 Å². The third-order valence-electron chi connectivity index (χ3n) is 5.90. The van der Waals surface area contributed by atoms with Gasteiger partial charge in [0.2, 0.25) is 0 Å². The molecule has 0 N–H and O–H groups in total. The van der Waals surface area contributed by atoms with Gasteiger partial charge in [0.1, 0.15) is 5.75 Å². The summed E-state index contributed by atoms with van der Waals surface area (Å²) in [5.41, 5.74) is 4.40. The molecule has 0 radical (unpaired) electrons. The van der Waals surface area contributed by atoms with Gasteiger partial charge in [-0.2, -0.15) is 0 Å². The van der Waals surface area contributed by atoms with Crippen molar-refractivity contribution in [2.45, 2.75) is 66.0 Å². The first-order valence-corrected chi connectivity index (χ1v) is 12.3. The third kappa shape index (κ3) is 7.52. The van der Waals surface area contributed by atoms with Crippen LogP contribution in [0.3, 0.4) is 0 Å². The van der Waals surface area contributed by atoms with Gasteiger partial charge in [0.15, 0.2) is 0 Å². The summed E-state index contributed by atoms with van der Waals surface area (Å²) in [6.07, 6.45) is 7.52. The summed E-state index contributed by atoms with van der Waals surface area (Å²) in [6.45, 7) is 9.35. The van der Waals surface area contributed by atoms with E-state index in [1.165, 1.54) is 11.1 Å². The lowest BCUT2D eigenvalue weighted by Gasteiger charge is -2.24. The number of rotatable bonds is 13. The van der Waals surface area contributed by atoms with Crippen molar-refractivity contribution in [3.05, 3.63) is 89.2 Å². The summed E-state index contributed by atoms with van der Waals surface area (Å²) in [7, 11) is 0. The lowest BCUT2D eigenvalue weighted by Crippen LogP contribution is -2.32. The molecular weight excluding hydrogens is 408 g/mol. The number of benzene rings is 2. The molecule has 0 saturated heterocycles. The van der Waals surface area contributed by atoms with Crippen LogP contribution in [0, 0.1) is 6.92 Å². The zero-order valence-electron chi connectivity index (χ0n) is 20.4. The van der Waals surface area contributed by atoms with Crippen LogP contribution >= 0.6 is 0 Å². The van der Waals surface area contributed by atoms with E-state index in [1.807, 2.05) is 29.2 Å². The lowest BCUT2D eigenvalue weighted by molar-refractivity contribution is 0.0736. The van der Waals surface area contributed by atoms with E-state index in [1.54, 1.807) is 0 Å². The highest BCUT2D eigenvalue weighted by Crippen LogP contribution is 2.18. The maximum atomic E-state index is 13.4. The van der Waals surface area contributed by atoms with Crippen LogP contribution in [0.2, 0.25) is 0 Å². The van der Waals surface area contributed by atoms with Gasteiger partial charge in [-0.3, -0.25) is 4.79 Å². The van der Waals surface area contributed by atoms with Crippen LogP contribution in [0.1, 0.15) is 73.1 Å². The Balaban J connectivity index is 1.72. The van der Waals surface area contributed by atoms with E-state index in [9.17, 15) is 4.79 Å². The van der Waals surface area contributed by atoms with Gasteiger partial charge < -0.3 is 14.2 Å². The molecule has 1 aromatic heterocycles. The van der Waals surface area contributed by atoms with Crippen molar-refractivity contribution < 1.29 is 9.53 Å². The number of aromatic nitrogens is 1. The molecule has 0 fully saturated rings. The van der Waals surface area contributed by atoms with Crippen LogP contribution in [0.15, 0.2) is 66.9 Å². The Bertz CT molecular complexity index is 991. The molecule has 33 heavy (non-hydrogen) atoms. The molecule has 3 rings (SSSR count). The van der Waals surface area contributed by atoms with Crippen molar-refractivity contribution in [2.75, 3.05) is 13.2 Å². The predicted octanol–water partition coefficient (Wildman–Crippen LogP) is 6.86. The van der Waals surface area contributed by atoms with Crippen LogP contribution in [-0.2, 0) is 13.1 Å². The minimum Gasteiger partial charge on any atom is -0.494 e. The molecule has 0 bridgehead atoms. The maximum absolute atomic E-state index is 13.4. The number of nitrogens with zero attached hydrogens (tertiary/aromatic N) is 2. The number of hydrogen-bond acceptors (Lipinski definition) is 2. The monoisotopic (exact) mass is 446 g/mol. The highest BCUT2D eigenvalue weighted by Gasteiger charge is 2.18. The molecule has 0 atom stereocenters. The number of carbonyl (C=O) groups excluding carboxylic acids is 1. The molecule has 0 aliphatic rings. The third-order valence-corrected chi connectivity index (χ3v) is 5.90. The van der Waals surface area contributed by atoms with Crippen LogP contribution in [0.4, 0.5) is 0 Å². The van der Waals surface area contributed by atoms with Crippen LogP contribution in [-0.4, -0.2) is 28.5 Å². The molecule has 0 spiro atoms. The topological polar surface area (TPSA) is 34.5 Å². The smallest absolute Gasteiger partial charge is 0.254 e. The minimum absolute atomic E-state index is 0.0783.